The van der Waals surface area contributed by atoms with Crippen molar-refractivity contribution in [2.24, 2.45) is 5.14 Å². The first-order valence-corrected chi connectivity index (χ1v) is 7.49. The van der Waals surface area contributed by atoms with E-state index in [1.54, 1.807) is 24.3 Å². The molecule has 0 saturated heterocycles. The highest BCUT2D eigenvalue weighted by atomic mass is 35.5. The predicted molar refractivity (Wildman–Crippen MR) is 76.6 cm³/mol. The molecular weight excluding hydrogens is 284 g/mol. The molecule has 0 aliphatic rings. The summed E-state index contributed by atoms with van der Waals surface area (Å²) in [6, 6.07) is 13.8. The van der Waals surface area contributed by atoms with Crippen LogP contribution in [0.1, 0.15) is 5.56 Å². The van der Waals surface area contributed by atoms with Crippen LogP contribution < -0.4 is 10.5 Å². The number of hydrogen-bond donors (Lipinski definition) is 2. The van der Waals surface area contributed by atoms with Gasteiger partial charge in [0.1, 0.15) is 4.90 Å². The van der Waals surface area contributed by atoms with Crippen molar-refractivity contribution in [3.8, 4) is 0 Å². The third kappa shape index (κ3) is 3.70. The Kier molecular flexibility index (Phi) is 4.09. The summed E-state index contributed by atoms with van der Waals surface area (Å²) in [6.07, 6.45) is 0. The number of halogens is 1. The van der Waals surface area contributed by atoms with Crippen LogP contribution in [0, 0.1) is 0 Å². The fourth-order valence-corrected chi connectivity index (χ4v) is 2.63. The third-order valence-corrected chi connectivity index (χ3v) is 3.77. The van der Waals surface area contributed by atoms with Gasteiger partial charge < -0.3 is 5.32 Å². The van der Waals surface area contributed by atoms with E-state index in [0.717, 1.165) is 5.56 Å². The van der Waals surface area contributed by atoms with Gasteiger partial charge in [0, 0.05) is 11.6 Å². The maximum Gasteiger partial charge on any atom is 0.240 e. The number of nitrogens with one attached hydrogen (secondary N) is 1. The van der Waals surface area contributed by atoms with Gasteiger partial charge in [0.2, 0.25) is 10.0 Å². The molecule has 0 atom stereocenters. The SMILES string of the molecule is NS(=O)(=O)c1ccccc1NCc1cccc(Cl)c1. The van der Waals surface area contributed by atoms with E-state index in [4.69, 9.17) is 16.7 Å². The minimum absolute atomic E-state index is 0.0806. The molecule has 0 bridgehead atoms. The summed E-state index contributed by atoms with van der Waals surface area (Å²) in [5.74, 6) is 0. The summed E-state index contributed by atoms with van der Waals surface area (Å²) < 4.78 is 22.9. The highest BCUT2D eigenvalue weighted by Crippen LogP contribution is 2.20. The minimum atomic E-state index is -3.73. The average Bonchev–Trinajstić information content (AvgIpc) is 2.36. The summed E-state index contributed by atoms with van der Waals surface area (Å²) in [5, 5.41) is 8.85. The van der Waals surface area contributed by atoms with Crippen LogP contribution in [0.4, 0.5) is 5.69 Å². The summed E-state index contributed by atoms with van der Waals surface area (Å²) >= 11 is 5.89. The van der Waals surface area contributed by atoms with E-state index in [2.05, 4.69) is 5.32 Å². The maximum atomic E-state index is 11.4. The molecule has 0 unspecified atom stereocenters. The molecule has 19 heavy (non-hydrogen) atoms. The molecule has 0 saturated carbocycles. The fraction of sp³-hybridized carbons (Fsp3) is 0.0769. The van der Waals surface area contributed by atoms with Gasteiger partial charge in [0.05, 0.1) is 5.69 Å². The first kappa shape index (κ1) is 13.9. The zero-order valence-electron chi connectivity index (χ0n) is 10.0. The minimum Gasteiger partial charge on any atom is -0.380 e. The molecule has 0 spiro atoms. The Bertz CT molecular complexity index is 687. The molecule has 2 aromatic carbocycles. The lowest BCUT2D eigenvalue weighted by atomic mass is 10.2. The second-order valence-corrected chi connectivity index (χ2v) is 5.99. The monoisotopic (exact) mass is 296 g/mol. The molecule has 6 heteroatoms. The first-order valence-electron chi connectivity index (χ1n) is 5.57. The third-order valence-electron chi connectivity index (χ3n) is 2.57. The summed E-state index contributed by atoms with van der Waals surface area (Å²) in [4.78, 5) is 0.0806. The van der Waals surface area contributed by atoms with Crippen LogP contribution in [0.2, 0.25) is 5.02 Å². The van der Waals surface area contributed by atoms with Gasteiger partial charge in [-0.2, -0.15) is 0 Å². The predicted octanol–water partition coefficient (Wildman–Crippen LogP) is 2.60. The van der Waals surface area contributed by atoms with Gasteiger partial charge in [-0.15, -0.1) is 0 Å². The molecule has 0 amide bonds. The molecule has 3 N–H and O–H groups in total. The second kappa shape index (κ2) is 5.61. The van der Waals surface area contributed by atoms with E-state index in [0.29, 0.717) is 17.3 Å². The molecular formula is C13H13ClN2O2S. The molecule has 0 aliphatic heterocycles. The lowest BCUT2D eigenvalue weighted by molar-refractivity contribution is 0.598. The quantitative estimate of drug-likeness (QED) is 0.911. The number of anilines is 1. The number of benzene rings is 2. The highest BCUT2D eigenvalue weighted by Gasteiger charge is 2.12. The second-order valence-electron chi connectivity index (χ2n) is 4.02. The van der Waals surface area contributed by atoms with E-state index in [9.17, 15) is 8.42 Å². The zero-order chi connectivity index (χ0) is 13.9. The Balaban J connectivity index is 2.21. The van der Waals surface area contributed by atoms with Crippen LogP contribution in [-0.2, 0) is 16.6 Å². The molecule has 0 heterocycles. The fourth-order valence-electron chi connectivity index (χ4n) is 1.71. The molecule has 2 aromatic rings. The van der Waals surface area contributed by atoms with Gasteiger partial charge >= 0.3 is 0 Å². The number of primary sulfonamides is 1. The average molecular weight is 297 g/mol. The van der Waals surface area contributed by atoms with Crippen LogP contribution in [0.5, 0.6) is 0 Å². The normalized spacial score (nSPS) is 11.3. The van der Waals surface area contributed by atoms with Crippen molar-refractivity contribution < 1.29 is 8.42 Å². The first-order chi connectivity index (χ1) is 8.97. The Hall–Kier alpha value is -1.56. The summed E-state index contributed by atoms with van der Waals surface area (Å²) in [6.45, 7) is 0.465. The summed E-state index contributed by atoms with van der Waals surface area (Å²) in [7, 11) is -3.73. The van der Waals surface area contributed by atoms with Gasteiger partial charge in [0.25, 0.3) is 0 Å². The molecule has 100 valence electrons. The van der Waals surface area contributed by atoms with Gasteiger partial charge in [-0.05, 0) is 29.8 Å². The number of para-hydroxylation sites is 1. The lowest BCUT2D eigenvalue weighted by Gasteiger charge is -2.10. The van der Waals surface area contributed by atoms with Crippen LogP contribution in [0.15, 0.2) is 53.4 Å². The zero-order valence-corrected chi connectivity index (χ0v) is 11.6. The Labute approximate surface area is 117 Å². The van der Waals surface area contributed by atoms with E-state index < -0.39 is 10.0 Å². The van der Waals surface area contributed by atoms with Crippen molar-refractivity contribution in [2.45, 2.75) is 11.4 Å². The summed E-state index contributed by atoms with van der Waals surface area (Å²) in [5.41, 5.74) is 1.43. The van der Waals surface area contributed by atoms with Crippen molar-refractivity contribution in [3.05, 3.63) is 59.1 Å². The van der Waals surface area contributed by atoms with Crippen LogP contribution in [0.3, 0.4) is 0 Å². The molecule has 0 aliphatic carbocycles. The van der Waals surface area contributed by atoms with E-state index >= 15 is 0 Å². The van der Waals surface area contributed by atoms with Gasteiger partial charge in [-0.1, -0.05) is 35.9 Å². The van der Waals surface area contributed by atoms with E-state index in [-0.39, 0.29) is 4.90 Å². The van der Waals surface area contributed by atoms with Gasteiger partial charge in [0.15, 0.2) is 0 Å². The molecule has 0 aromatic heterocycles. The van der Waals surface area contributed by atoms with Crippen molar-refractivity contribution in [3.63, 3.8) is 0 Å². The van der Waals surface area contributed by atoms with Gasteiger partial charge in [-0.25, -0.2) is 13.6 Å². The van der Waals surface area contributed by atoms with Crippen molar-refractivity contribution >= 4 is 27.3 Å². The molecule has 0 fully saturated rings. The van der Waals surface area contributed by atoms with E-state index in [1.807, 2.05) is 18.2 Å². The smallest absolute Gasteiger partial charge is 0.240 e. The lowest BCUT2D eigenvalue weighted by Crippen LogP contribution is -2.15. The van der Waals surface area contributed by atoms with Crippen LogP contribution in [0.25, 0.3) is 0 Å². The van der Waals surface area contributed by atoms with Gasteiger partial charge in [-0.3, -0.25) is 0 Å². The Morgan fingerprint density at radius 1 is 1.11 bits per heavy atom. The standard InChI is InChI=1S/C13H13ClN2O2S/c14-11-5-3-4-10(8-11)9-16-12-6-1-2-7-13(12)19(15,17)18/h1-8,16H,9H2,(H2,15,17,18). The number of sulfonamides is 1. The van der Waals surface area contributed by atoms with Crippen LogP contribution in [-0.4, -0.2) is 8.42 Å². The van der Waals surface area contributed by atoms with E-state index in [1.165, 1.54) is 6.07 Å². The highest BCUT2D eigenvalue weighted by molar-refractivity contribution is 7.89. The topological polar surface area (TPSA) is 72.2 Å². The Morgan fingerprint density at radius 3 is 2.53 bits per heavy atom. The number of rotatable bonds is 4. The van der Waals surface area contributed by atoms with Crippen molar-refractivity contribution in [1.29, 1.82) is 0 Å². The number of nitrogens with two attached hydrogens (primary N) is 1. The number of hydrogen-bond acceptors (Lipinski definition) is 3. The van der Waals surface area contributed by atoms with Crippen molar-refractivity contribution in [2.75, 3.05) is 5.32 Å². The van der Waals surface area contributed by atoms with Crippen molar-refractivity contribution in [1.82, 2.24) is 0 Å². The maximum absolute atomic E-state index is 11.4. The Morgan fingerprint density at radius 2 is 1.84 bits per heavy atom. The molecule has 2 rings (SSSR count). The largest absolute Gasteiger partial charge is 0.380 e. The van der Waals surface area contributed by atoms with Crippen LogP contribution >= 0.6 is 11.6 Å². The molecule has 4 nitrogen and oxygen atoms in total. The molecule has 0 radical (unpaired) electrons.